The average Bonchev–Trinajstić information content (AvgIpc) is 3.07. The van der Waals surface area contributed by atoms with Gasteiger partial charge in [0.2, 0.25) is 0 Å². The van der Waals surface area contributed by atoms with Crippen LogP contribution in [-0.4, -0.2) is 13.7 Å². The number of hydrogen-bond donors (Lipinski definition) is 1. The number of ether oxygens (including phenoxy) is 1. The van der Waals surface area contributed by atoms with Gasteiger partial charge in [-0.2, -0.15) is 0 Å². The van der Waals surface area contributed by atoms with Crippen molar-refractivity contribution in [2.45, 2.75) is 13.0 Å². The van der Waals surface area contributed by atoms with Crippen molar-refractivity contribution in [1.82, 2.24) is 5.32 Å². The Labute approximate surface area is 169 Å². The molecule has 0 atom stereocenters. The molecule has 3 aromatic rings. The Morgan fingerprint density at radius 2 is 1.85 bits per heavy atom. The molecule has 0 spiro atoms. The summed E-state index contributed by atoms with van der Waals surface area (Å²) in [5.74, 6) is 2.52. The molecule has 0 radical (unpaired) electrons. The lowest BCUT2D eigenvalue weighted by molar-refractivity contribution is 0.408. The standard InChI is InChI=1S/C20H19Cl2NO2.ClH/c1-24-19-5-3-2-4-14(19)10-11-23-13-16-7-9-20(25-16)17-8-6-15(21)12-18(17)22;/h2-9,12,23H,10-11,13H2,1H3;1H. The van der Waals surface area contributed by atoms with E-state index in [-0.39, 0.29) is 12.4 Å². The molecule has 0 saturated heterocycles. The van der Waals surface area contributed by atoms with Gasteiger partial charge in [-0.1, -0.05) is 41.4 Å². The van der Waals surface area contributed by atoms with Crippen LogP contribution in [0.3, 0.4) is 0 Å². The molecule has 0 aliphatic carbocycles. The van der Waals surface area contributed by atoms with Gasteiger partial charge >= 0.3 is 0 Å². The first-order valence-electron chi connectivity index (χ1n) is 8.04. The molecule has 3 rings (SSSR count). The van der Waals surface area contributed by atoms with Gasteiger partial charge in [-0.05, 0) is 54.9 Å². The molecule has 0 unspecified atom stereocenters. The lowest BCUT2D eigenvalue weighted by Gasteiger charge is -2.08. The summed E-state index contributed by atoms with van der Waals surface area (Å²) in [6.07, 6.45) is 0.889. The van der Waals surface area contributed by atoms with Crippen molar-refractivity contribution in [1.29, 1.82) is 0 Å². The minimum Gasteiger partial charge on any atom is -0.496 e. The summed E-state index contributed by atoms with van der Waals surface area (Å²) in [6, 6.07) is 17.3. The highest BCUT2D eigenvalue weighted by atomic mass is 35.5. The van der Waals surface area contributed by atoms with Gasteiger partial charge in [0.15, 0.2) is 0 Å². The van der Waals surface area contributed by atoms with Crippen molar-refractivity contribution in [3.8, 4) is 17.1 Å². The zero-order valence-corrected chi connectivity index (χ0v) is 16.6. The monoisotopic (exact) mass is 411 g/mol. The van der Waals surface area contributed by atoms with Gasteiger partial charge in [0.1, 0.15) is 17.3 Å². The molecule has 2 aromatic carbocycles. The molecule has 1 aromatic heterocycles. The molecule has 138 valence electrons. The molecule has 0 aliphatic heterocycles. The number of methoxy groups -OCH3 is 1. The van der Waals surface area contributed by atoms with Gasteiger partial charge in [-0.25, -0.2) is 0 Å². The second-order valence-corrected chi connectivity index (χ2v) is 6.47. The third kappa shape index (κ3) is 5.18. The summed E-state index contributed by atoms with van der Waals surface area (Å²) >= 11 is 12.2. The van der Waals surface area contributed by atoms with E-state index in [2.05, 4.69) is 11.4 Å². The zero-order chi connectivity index (χ0) is 17.6. The number of halogens is 3. The lowest BCUT2D eigenvalue weighted by Crippen LogP contribution is -2.16. The van der Waals surface area contributed by atoms with E-state index in [4.69, 9.17) is 32.4 Å². The molecule has 0 bridgehead atoms. The molecule has 0 saturated carbocycles. The largest absolute Gasteiger partial charge is 0.496 e. The van der Waals surface area contributed by atoms with Crippen LogP contribution in [0.15, 0.2) is 59.0 Å². The summed E-state index contributed by atoms with van der Waals surface area (Å²) in [5.41, 5.74) is 2.02. The van der Waals surface area contributed by atoms with E-state index in [1.165, 1.54) is 5.56 Å². The number of furan rings is 1. The highest BCUT2D eigenvalue weighted by molar-refractivity contribution is 6.36. The van der Waals surface area contributed by atoms with Crippen molar-refractivity contribution in [3.05, 3.63) is 76.0 Å². The van der Waals surface area contributed by atoms with Crippen LogP contribution in [0.5, 0.6) is 5.75 Å². The number of para-hydroxylation sites is 1. The second-order valence-electron chi connectivity index (χ2n) is 5.63. The molecule has 0 aliphatic rings. The van der Waals surface area contributed by atoms with E-state index in [0.29, 0.717) is 16.6 Å². The van der Waals surface area contributed by atoms with Crippen LogP contribution in [0, 0.1) is 0 Å². The van der Waals surface area contributed by atoms with E-state index in [0.717, 1.165) is 35.8 Å². The van der Waals surface area contributed by atoms with Crippen LogP contribution >= 0.6 is 35.6 Å². The third-order valence-corrected chi connectivity index (χ3v) is 4.47. The normalized spacial score (nSPS) is 10.4. The van der Waals surface area contributed by atoms with E-state index >= 15 is 0 Å². The van der Waals surface area contributed by atoms with E-state index < -0.39 is 0 Å². The molecule has 3 nitrogen and oxygen atoms in total. The maximum Gasteiger partial charge on any atom is 0.135 e. The number of nitrogens with one attached hydrogen (secondary N) is 1. The maximum atomic E-state index is 6.22. The van der Waals surface area contributed by atoms with Gasteiger partial charge in [-0.3, -0.25) is 0 Å². The van der Waals surface area contributed by atoms with Crippen LogP contribution in [0.1, 0.15) is 11.3 Å². The van der Waals surface area contributed by atoms with Crippen molar-refractivity contribution >= 4 is 35.6 Å². The predicted octanol–water partition coefficient (Wildman–Crippen LogP) is 6.02. The topological polar surface area (TPSA) is 34.4 Å². The molecular formula is C20H20Cl3NO2. The number of rotatable bonds is 7. The highest BCUT2D eigenvalue weighted by Crippen LogP contribution is 2.31. The van der Waals surface area contributed by atoms with Crippen LogP contribution in [0.25, 0.3) is 11.3 Å². The SMILES string of the molecule is COc1ccccc1CCNCc1ccc(-c2ccc(Cl)cc2Cl)o1.Cl. The van der Waals surface area contributed by atoms with Gasteiger partial charge in [0.25, 0.3) is 0 Å². The van der Waals surface area contributed by atoms with E-state index in [1.807, 2.05) is 36.4 Å². The first-order chi connectivity index (χ1) is 12.2. The molecule has 0 amide bonds. The molecule has 1 N–H and O–H groups in total. The van der Waals surface area contributed by atoms with Crippen molar-refractivity contribution in [3.63, 3.8) is 0 Å². The van der Waals surface area contributed by atoms with E-state index in [9.17, 15) is 0 Å². The molecule has 6 heteroatoms. The van der Waals surface area contributed by atoms with Gasteiger partial charge in [0.05, 0.1) is 18.7 Å². The Hall–Kier alpha value is -1.65. The summed E-state index contributed by atoms with van der Waals surface area (Å²) in [5, 5.41) is 4.58. The fourth-order valence-corrected chi connectivity index (χ4v) is 3.15. The summed E-state index contributed by atoms with van der Waals surface area (Å²) in [7, 11) is 1.69. The Morgan fingerprint density at radius 3 is 2.62 bits per heavy atom. The van der Waals surface area contributed by atoms with Gasteiger partial charge in [-0.15, -0.1) is 12.4 Å². The first-order valence-corrected chi connectivity index (χ1v) is 8.79. The van der Waals surface area contributed by atoms with Crippen LogP contribution in [0.4, 0.5) is 0 Å². The van der Waals surface area contributed by atoms with Gasteiger partial charge in [0, 0.05) is 10.6 Å². The summed E-state index contributed by atoms with van der Waals surface area (Å²) < 4.78 is 11.2. The van der Waals surface area contributed by atoms with Crippen LogP contribution < -0.4 is 10.1 Å². The Balaban J connectivity index is 0.00000243. The minimum absolute atomic E-state index is 0. The fraction of sp³-hybridized carbons (Fsp3) is 0.200. The first kappa shape index (κ1) is 20.7. The third-order valence-electron chi connectivity index (χ3n) is 3.92. The molecule has 26 heavy (non-hydrogen) atoms. The Kier molecular flexibility index (Phi) is 7.85. The van der Waals surface area contributed by atoms with Crippen molar-refractivity contribution < 1.29 is 9.15 Å². The minimum atomic E-state index is 0. The average molecular weight is 413 g/mol. The zero-order valence-electron chi connectivity index (χ0n) is 14.3. The summed E-state index contributed by atoms with van der Waals surface area (Å²) in [6.45, 7) is 1.48. The lowest BCUT2D eigenvalue weighted by atomic mass is 10.1. The molecule has 1 heterocycles. The summed E-state index contributed by atoms with van der Waals surface area (Å²) in [4.78, 5) is 0. The van der Waals surface area contributed by atoms with Crippen molar-refractivity contribution in [2.24, 2.45) is 0 Å². The fourth-order valence-electron chi connectivity index (χ4n) is 2.65. The number of hydrogen-bond acceptors (Lipinski definition) is 3. The predicted molar refractivity (Wildman–Crippen MR) is 110 cm³/mol. The van der Waals surface area contributed by atoms with Crippen LogP contribution in [-0.2, 0) is 13.0 Å². The van der Waals surface area contributed by atoms with Gasteiger partial charge < -0.3 is 14.5 Å². The smallest absolute Gasteiger partial charge is 0.135 e. The molecular weight excluding hydrogens is 393 g/mol. The quantitative estimate of drug-likeness (QED) is 0.482. The molecule has 0 fully saturated rings. The van der Waals surface area contributed by atoms with Crippen LogP contribution in [0.2, 0.25) is 10.0 Å². The second kappa shape index (κ2) is 9.89. The van der Waals surface area contributed by atoms with E-state index in [1.54, 1.807) is 19.2 Å². The Morgan fingerprint density at radius 1 is 1.04 bits per heavy atom. The highest BCUT2D eigenvalue weighted by Gasteiger charge is 2.09. The van der Waals surface area contributed by atoms with Crippen molar-refractivity contribution in [2.75, 3.05) is 13.7 Å². The Bertz CT molecular complexity index is 849. The maximum absolute atomic E-state index is 6.22. The number of benzene rings is 2.